The second kappa shape index (κ2) is 4.17. The van der Waals surface area contributed by atoms with Crippen molar-refractivity contribution < 1.29 is 10.0 Å². The maximum Gasteiger partial charge on any atom is 0.400 e. The standard InChI is InChI=1S/C14H7N3O3/c15-16-13-9-3-1-2-4-10(9)14(18)11-6-5-8(17(19)20)7-12(11)13/h1-7H. The van der Waals surface area contributed by atoms with Crippen LogP contribution in [0.15, 0.2) is 42.5 Å². The molecule has 0 aliphatic heterocycles. The van der Waals surface area contributed by atoms with Crippen LogP contribution in [0, 0.1) is 15.5 Å². The van der Waals surface area contributed by atoms with Crippen LogP contribution >= 0.6 is 0 Å². The Balaban J connectivity index is 2.58. The fourth-order valence-electron chi connectivity index (χ4n) is 2.33. The zero-order valence-electron chi connectivity index (χ0n) is 10.1. The number of nitrogens with zero attached hydrogens (tertiary/aromatic N) is 3. The molecule has 0 saturated heterocycles. The van der Waals surface area contributed by atoms with Crippen LogP contribution < -0.4 is 5.11 Å². The number of diazo groups is 1. The summed E-state index contributed by atoms with van der Waals surface area (Å²) in [6.45, 7) is 0. The number of rotatable bonds is 1. The summed E-state index contributed by atoms with van der Waals surface area (Å²) in [5, 5.41) is 33.8. The van der Waals surface area contributed by atoms with Gasteiger partial charge in [-0.1, -0.05) is 23.9 Å². The number of non-ortho nitro benzene ring substituents is 1. The first kappa shape index (κ1) is 11.9. The molecule has 0 aromatic heterocycles. The van der Waals surface area contributed by atoms with E-state index in [1.54, 1.807) is 24.3 Å². The Morgan fingerprint density at radius 3 is 2.30 bits per heavy atom. The van der Waals surface area contributed by atoms with Crippen LogP contribution in [0.25, 0.3) is 26.5 Å². The van der Waals surface area contributed by atoms with E-state index < -0.39 is 4.92 Å². The molecule has 0 fully saturated rings. The molecule has 0 atom stereocenters. The predicted molar refractivity (Wildman–Crippen MR) is 72.3 cm³/mol. The lowest BCUT2D eigenvalue weighted by molar-refractivity contribution is -0.384. The van der Waals surface area contributed by atoms with E-state index in [1.807, 2.05) is 0 Å². The lowest BCUT2D eigenvalue weighted by atomic mass is 9.99. The molecule has 0 saturated carbocycles. The zero-order valence-corrected chi connectivity index (χ0v) is 10.1. The van der Waals surface area contributed by atoms with Gasteiger partial charge in [-0.05, 0) is 22.9 Å². The lowest BCUT2D eigenvalue weighted by Gasteiger charge is -2.12. The van der Waals surface area contributed by atoms with Gasteiger partial charge in [0.05, 0.1) is 15.7 Å². The highest BCUT2D eigenvalue weighted by Gasteiger charge is 2.21. The Morgan fingerprint density at radius 2 is 1.65 bits per heavy atom. The number of fused-ring (bicyclic) bond motifs is 2. The van der Waals surface area contributed by atoms with E-state index in [9.17, 15) is 20.6 Å². The third kappa shape index (κ3) is 1.54. The van der Waals surface area contributed by atoms with Crippen molar-refractivity contribution in [2.75, 3.05) is 0 Å². The minimum Gasteiger partial charge on any atom is -0.872 e. The molecule has 0 unspecified atom stereocenters. The van der Waals surface area contributed by atoms with E-state index in [0.29, 0.717) is 16.2 Å². The van der Waals surface area contributed by atoms with Crippen LogP contribution in [0.4, 0.5) is 11.4 Å². The first-order chi connectivity index (χ1) is 9.63. The molecule has 6 nitrogen and oxygen atoms in total. The molecule has 0 aliphatic rings. The third-order valence-corrected chi connectivity index (χ3v) is 3.24. The van der Waals surface area contributed by atoms with Crippen molar-refractivity contribution in [2.24, 2.45) is 0 Å². The van der Waals surface area contributed by atoms with Crippen LogP contribution in [0.2, 0.25) is 0 Å². The van der Waals surface area contributed by atoms with Crippen molar-refractivity contribution in [1.29, 1.82) is 5.39 Å². The summed E-state index contributed by atoms with van der Waals surface area (Å²) >= 11 is 0. The largest absolute Gasteiger partial charge is 0.872 e. The molecule has 96 valence electrons. The maximum absolute atomic E-state index is 12.3. The van der Waals surface area contributed by atoms with E-state index in [-0.39, 0.29) is 22.5 Å². The second-order valence-electron chi connectivity index (χ2n) is 4.31. The molecule has 0 bridgehead atoms. The van der Waals surface area contributed by atoms with Crippen LogP contribution in [-0.2, 0) is 0 Å². The molecule has 0 radical (unpaired) electrons. The Morgan fingerprint density at radius 1 is 1.00 bits per heavy atom. The fourth-order valence-corrected chi connectivity index (χ4v) is 2.33. The Bertz CT molecular complexity index is 913. The molecule has 20 heavy (non-hydrogen) atoms. The van der Waals surface area contributed by atoms with Gasteiger partial charge in [-0.25, -0.2) is 0 Å². The number of hydrogen-bond acceptors (Lipinski definition) is 4. The van der Waals surface area contributed by atoms with E-state index >= 15 is 0 Å². The van der Waals surface area contributed by atoms with Gasteiger partial charge < -0.3 is 5.11 Å². The Hall–Kier alpha value is -3.20. The number of nitro benzene ring substituents is 1. The average Bonchev–Trinajstić information content (AvgIpc) is 2.47. The molecule has 0 heterocycles. The Labute approximate surface area is 112 Å². The molecule has 3 rings (SSSR count). The van der Waals surface area contributed by atoms with E-state index in [0.717, 1.165) is 0 Å². The summed E-state index contributed by atoms with van der Waals surface area (Å²) in [4.78, 5) is 13.5. The van der Waals surface area contributed by atoms with Gasteiger partial charge in [-0.15, -0.1) is 0 Å². The van der Waals surface area contributed by atoms with E-state index in [4.69, 9.17) is 0 Å². The number of nitro groups is 1. The quantitative estimate of drug-likeness (QED) is 0.291. The predicted octanol–water partition coefficient (Wildman–Crippen LogP) is 3.46. The van der Waals surface area contributed by atoms with Gasteiger partial charge in [-0.3, -0.25) is 10.1 Å². The van der Waals surface area contributed by atoms with Gasteiger partial charge in [0, 0.05) is 12.1 Å². The summed E-state index contributed by atoms with van der Waals surface area (Å²) in [5.74, 6) is -0.238. The van der Waals surface area contributed by atoms with Gasteiger partial charge in [-0.2, -0.15) is 0 Å². The molecule has 3 aromatic carbocycles. The third-order valence-electron chi connectivity index (χ3n) is 3.24. The van der Waals surface area contributed by atoms with Gasteiger partial charge in [0.1, 0.15) is 0 Å². The molecule has 0 aliphatic carbocycles. The minimum atomic E-state index is -0.555. The van der Waals surface area contributed by atoms with Gasteiger partial charge in [0.2, 0.25) is 5.39 Å². The Kier molecular flexibility index (Phi) is 2.48. The zero-order chi connectivity index (χ0) is 14.3. The second-order valence-corrected chi connectivity index (χ2v) is 4.31. The first-order valence-corrected chi connectivity index (χ1v) is 5.78. The van der Waals surface area contributed by atoms with Crippen LogP contribution in [0.5, 0.6) is 5.75 Å². The highest BCUT2D eigenvalue weighted by molar-refractivity contribution is 6.15. The maximum atomic E-state index is 12.3. The molecule has 0 spiro atoms. The van der Waals surface area contributed by atoms with E-state index in [1.165, 1.54) is 18.2 Å². The lowest BCUT2D eigenvalue weighted by Crippen LogP contribution is -1.94. The van der Waals surface area contributed by atoms with Crippen LogP contribution in [0.3, 0.4) is 0 Å². The summed E-state index contributed by atoms with van der Waals surface area (Å²) in [5.41, 5.74) is 0.0102. The van der Waals surface area contributed by atoms with Gasteiger partial charge in [0.15, 0.2) is 4.98 Å². The van der Waals surface area contributed by atoms with Gasteiger partial charge >= 0.3 is 5.69 Å². The molecular weight excluding hydrogens is 258 g/mol. The van der Waals surface area contributed by atoms with Gasteiger partial charge in [0.25, 0.3) is 5.69 Å². The summed E-state index contributed by atoms with van der Waals surface area (Å²) < 4.78 is 0. The summed E-state index contributed by atoms with van der Waals surface area (Å²) in [7, 11) is 0. The first-order valence-electron chi connectivity index (χ1n) is 5.78. The molecule has 0 amide bonds. The average molecular weight is 265 g/mol. The highest BCUT2D eigenvalue weighted by Crippen LogP contribution is 2.41. The van der Waals surface area contributed by atoms with Crippen molar-refractivity contribution in [3.05, 3.63) is 57.6 Å². The molecular formula is C14H7N3O3. The SMILES string of the molecule is N#[N+]c1c2ccccc2c([O-])c2ccc([N+](=O)[O-])cc12. The summed E-state index contributed by atoms with van der Waals surface area (Å²) in [6.07, 6.45) is 0. The smallest absolute Gasteiger partial charge is 0.400 e. The normalized spacial score (nSPS) is 10.6. The molecule has 0 N–H and O–H groups in total. The van der Waals surface area contributed by atoms with Crippen LogP contribution in [-0.4, -0.2) is 4.92 Å². The minimum absolute atomic E-state index is 0.155. The molecule has 6 heteroatoms. The number of benzene rings is 3. The monoisotopic (exact) mass is 265 g/mol. The fraction of sp³-hybridized carbons (Fsp3) is 0. The van der Waals surface area contributed by atoms with Crippen molar-refractivity contribution in [3.63, 3.8) is 0 Å². The van der Waals surface area contributed by atoms with Crippen LogP contribution in [0.1, 0.15) is 0 Å². The van der Waals surface area contributed by atoms with Crippen molar-refractivity contribution in [3.8, 4) is 5.75 Å². The van der Waals surface area contributed by atoms with Crippen molar-refractivity contribution in [1.82, 2.24) is 0 Å². The number of hydrogen-bond donors (Lipinski definition) is 0. The van der Waals surface area contributed by atoms with Crippen molar-refractivity contribution in [2.45, 2.75) is 0 Å². The topological polar surface area (TPSA) is 94.3 Å². The van der Waals surface area contributed by atoms with Crippen molar-refractivity contribution >= 4 is 32.9 Å². The highest BCUT2D eigenvalue weighted by atomic mass is 16.6. The summed E-state index contributed by atoms with van der Waals surface area (Å²) in [6, 6.07) is 10.6. The molecule has 3 aromatic rings. The van der Waals surface area contributed by atoms with E-state index in [2.05, 4.69) is 4.98 Å².